The van der Waals surface area contributed by atoms with Crippen LogP contribution in [0, 0.1) is 0 Å². The van der Waals surface area contributed by atoms with E-state index in [4.69, 9.17) is 0 Å². The van der Waals surface area contributed by atoms with Crippen molar-refractivity contribution in [3.63, 3.8) is 0 Å². The largest absolute Gasteiger partial charge is 0.389 e. The third kappa shape index (κ3) is 3.52. The van der Waals surface area contributed by atoms with Gasteiger partial charge in [-0.05, 0) is 37.5 Å². The first-order valence-electron chi connectivity index (χ1n) is 7.10. The number of benzene rings is 1. The highest BCUT2D eigenvalue weighted by molar-refractivity contribution is 5.94. The van der Waals surface area contributed by atoms with E-state index in [0.717, 1.165) is 12.0 Å². The van der Waals surface area contributed by atoms with Crippen LogP contribution in [0.4, 0.5) is 10.5 Å². The predicted molar refractivity (Wildman–Crippen MR) is 79.9 cm³/mol. The van der Waals surface area contributed by atoms with Crippen molar-refractivity contribution in [1.82, 2.24) is 10.2 Å². The number of anilines is 1. The molecule has 2 rings (SSSR count). The molecule has 1 heterocycles. The highest BCUT2D eigenvalue weighted by atomic mass is 16.3. The molecule has 0 saturated carbocycles. The average molecular weight is 291 g/mol. The molecule has 0 radical (unpaired) electrons. The second kappa shape index (κ2) is 6.58. The summed E-state index contributed by atoms with van der Waals surface area (Å²) < 4.78 is 0. The zero-order chi connectivity index (χ0) is 15.4. The summed E-state index contributed by atoms with van der Waals surface area (Å²) in [5.41, 5.74) is 1.43. The number of amides is 3. The fourth-order valence-corrected chi connectivity index (χ4v) is 2.49. The van der Waals surface area contributed by atoms with Gasteiger partial charge >= 0.3 is 6.03 Å². The number of aliphatic hydroxyl groups excluding tert-OH is 1. The molecule has 1 saturated heterocycles. The number of hydrogen-bond acceptors (Lipinski definition) is 3. The second-order valence-electron chi connectivity index (χ2n) is 5.19. The van der Waals surface area contributed by atoms with E-state index in [2.05, 4.69) is 10.6 Å². The van der Waals surface area contributed by atoms with Crippen LogP contribution in [0.15, 0.2) is 24.3 Å². The number of rotatable bonds is 3. The van der Waals surface area contributed by atoms with Crippen molar-refractivity contribution in [2.75, 3.05) is 18.9 Å². The van der Waals surface area contributed by atoms with Crippen LogP contribution in [0.25, 0.3) is 0 Å². The molecule has 2 unspecified atom stereocenters. The third-order valence-corrected chi connectivity index (χ3v) is 3.71. The van der Waals surface area contributed by atoms with Crippen LogP contribution in [0.5, 0.6) is 0 Å². The van der Waals surface area contributed by atoms with Gasteiger partial charge in [0.2, 0.25) is 5.91 Å². The molecule has 114 valence electrons. The minimum atomic E-state index is -0.536. The summed E-state index contributed by atoms with van der Waals surface area (Å²) >= 11 is 0. The number of carbonyl (C=O) groups excluding carboxylic acids is 2. The molecule has 6 nitrogen and oxygen atoms in total. The number of urea groups is 1. The van der Waals surface area contributed by atoms with Gasteiger partial charge in [-0.2, -0.15) is 0 Å². The molecule has 0 bridgehead atoms. The van der Waals surface area contributed by atoms with Crippen LogP contribution in [0.1, 0.15) is 31.4 Å². The average Bonchev–Trinajstić information content (AvgIpc) is 2.96. The molecule has 2 atom stereocenters. The Morgan fingerprint density at radius 3 is 2.57 bits per heavy atom. The number of hydrogen-bond donors (Lipinski definition) is 3. The quantitative estimate of drug-likeness (QED) is 0.789. The molecule has 1 aromatic carbocycles. The first-order valence-corrected chi connectivity index (χ1v) is 7.10. The molecule has 1 aliphatic rings. The highest BCUT2D eigenvalue weighted by Gasteiger charge is 2.33. The molecule has 3 amide bonds. The van der Waals surface area contributed by atoms with Crippen molar-refractivity contribution < 1.29 is 14.7 Å². The fourth-order valence-electron chi connectivity index (χ4n) is 2.49. The topological polar surface area (TPSA) is 81.7 Å². The summed E-state index contributed by atoms with van der Waals surface area (Å²) in [6.45, 7) is 2.27. The van der Waals surface area contributed by atoms with Gasteiger partial charge in [-0.15, -0.1) is 0 Å². The van der Waals surface area contributed by atoms with Gasteiger partial charge in [-0.25, -0.2) is 4.79 Å². The minimum absolute atomic E-state index is 0.132. The summed E-state index contributed by atoms with van der Waals surface area (Å²) in [7, 11) is 1.57. The zero-order valence-electron chi connectivity index (χ0n) is 12.3. The van der Waals surface area contributed by atoms with Crippen LogP contribution in [0.3, 0.4) is 0 Å². The first kappa shape index (κ1) is 15.3. The van der Waals surface area contributed by atoms with E-state index >= 15 is 0 Å². The van der Waals surface area contributed by atoms with Crippen LogP contribution in [0.2, 0.25) is 0 Å². The molecule has 6 heteroatoms. The van der Waals surface area contributed by atoms with E-state index in [9.17, 15) is 14.7 Å². The van der Waals surface area contributed by atoms with Gasteiger partial charge in [0.25, 0.3) is 0 Å². The molecule has 21 heavy (non-hydrogen) atoms. The number of likely N-dealkylation sites (tertiary alicyclic amines) is 1. The maximum absolute atomic E-state index is 12.2. The van der Waals surface area contributed by atoms with Crippen molar-refractivity contribution >= 4 is 17.6 Å². The zero-order valence-corrected chi connectivity index (χ0v) is 12.3. The number of carbonyl (C=O) groups is 2. The van der Waals surface area contributed by atoms with Gasteiger partial charge in [-0.3, -0.25) is 4.79 Å². The Morgan fingerprint density at radius 2 is 2.00 bits per heavy atom. The van der Waals surface area contributed by atoms with Crippen LogP contribution in [-0.4, -0.2) is 41.6 Å². The lowest BCUT2D eigenvalue weighted by Crippen LogP contribution is -2.46. The predicted octanol–water partition coefficient (Wildman–Crippen LogP) is 1.48. The van der Waals surface area contributed by atoms with E-state index in [0.29, 0.717) is 18.7 Å². The molecule has 0 aromatic heterocycles. The Morgan fingerprint density at radius 1 is 1.33 bits per heavy atom. The Bertz CT molecular complexity index is 513. The summed E-state index contributed by atoms with van der Waals surface area (Å²) in [6.07, 6.45) is 0.978. The lowest BCUT2D eigenvalue weighted by atomic mass is 10.1. The second-order valence-corrected chi connectivity index (χ2v) is 5.19. The summed E-state index contributed by atoms with van der Waals surface area (Å²) in [4.78, 5) is 25.5. The molecule has 1 aromatic rings. The highest BCUT2D eigenvalue weighted by Crippen LogP contribution is 2.20. The van der Waals surface area contributed by atoms with Crippen LogP contribution in [-0.2, 0) is 4.79 Å². The fraction of sp³-hybridized carbons (Fsp3) is 0.467. The van der Waals surface area contributed by atoms with Gasteiger partial charge in [0.15, 0.2) is 0 Å². The minimum Gasteiger partial charge on any atom is -0.389 e. The third-order valence-electron chi connectivity index (χ3n) is 3.71. The van der Waals surface area contributed by atoms with Gasteiger partial charge in [0.1, 0.15) is 6.04 Å². The van der Waals surface area contributed by atoms with E-state index in [1.165, 1.54) is 0 Å². The SMILES string of the molecule is CNC(=O)C1CCCN1C(=O)Nc1ccc(C(C)O)cc1. The lowest BCUT2D eigenvalue weighted by Gasteiger charge is -2.23. The van der Waals surface area contributed by atoms with E-state index < -0.39 is 12.1 Å². The summed E-state index contributed by atoms with van der Waals surface area (Å²) in [5, 5.41) is 14.8. The molecule has 1 aliphatic heterocycles. The summed E-state index contributed by atoms with van der Waals surface area (Å²) in [6, 6.07) is 6.34. The van der Waals surface area contributed by atoms with Crippen molar-refractivity contribution in [3.8, 4) is 0 Å². The maximum Gasteiger partial charge on any atom is 0.322 e. The van der Waals surface area contributed by atoms with E-state index in [-0.39, 0.29) is 11.9 Å². The standard InChI is InChI=1S/C15H21N3O3/c1-10(19)11-5-7-12(8-6-11)17-15(21)18-9-3-4-13(18)14(20)16-2/h5-8,10,13,19H,3-4,9H2,1-2H3,(H,16,20)(H,17,21). The molecular weight excluding hydrogens is 270 g/mol. The molecule has 0 aliphatic carbocycles. The normalized spacial score (nSPS) is 19.2. The lowest BCUT2D eigenvalue weighted by molar-refractivity contribution is -0.124. The van der Waals surface area contributed by atoms with Crippen molar-refractivity contribution in [1.29, 1.82) is 0 Å². The van der Waals surface area contributed by atoms with Gasteiger partial charge in [-0.1, -0.05) is 12.1 Å². The molecular formula is C15H21N3O3. The van der Waals surface area contributed by atoms with Crippen LogP contribution >= 0.6 is 0 Å². The van der Waals surface area contributed by atoms with E-state index in [1.807, 2.05) is 0 Å². The van der Waals surface area contributed by atoms with Crippen molar-refractivity contribution in [2.45, 2.75) is 31.9 Å². The maximum atomic E-state index is 12.2. The van der Waals surface area contributed by atoms with Gasteiger partial charge in [0.05, 0.1) is 6.10 Å². The number of likely N-dealkylation sites (N-methyl/N-ethyl adjacent to an activating group) is 1. The van der Waals surface area contributed by atoms with Crippen molar-refractivity contribution in [3.05, 3.63) is 29.8 Å². The molecule has 0 spiro atoms. The monoisotopic (exact) mass is 291 g/mol. The number of nitrogens with one attached hydrogen (secondary N) is 2. The van der Waals surface area contributed by atoms with Crippen molar-refractivity contribution in [2.24, 2.45) is 0 Å². The van der Waals surface area contributed by atoms with Gasteiger partial charge < -0.3 is 20.6 Å². The molecule has 1 fully saturated rings. The number of aliphatic hydroxyl groups is 1. The Balaban J connectivity index is 2.02. The first-order chi connectivity index (χ1) is 10.0. The Labute approximate surface area is 124 Å². The van der Waals surface area contributed by atoms with E-state index in [1.54, 1.807) is 43.1 Å². The Hall–Kier alpha value is -2.08. The van der Waals surface area contributed by atoms with Gasteiger partial charge in [0, 0.05) is 19.3 Å². The smallest absolute Gasteiger partial charge is 0.322 e. The number of nitrogens with zero attached hydrogens (tertiary/aromatic N) is 1. The van der Waals surface area contributed by atoms with Crippen LogP contribution < -0.4 is 10.6 Å². The summed E-state index contributed by atoms with van der Waals surface area (Å²) in [5.74, 6) is -0.132. The Kier molecular flexibility index (Phi) is 4.80. The molecule has 3 N–H and O–H groups in total.